The zero-order chi connectivity index (χ0) is 21.6. The van der Waals surface area contributed by atoms with Crippen LogP contribution >= 0.6 is 0 Å². The van der Waals surface area contributed by atoms with E-state index < -0.39 is 50.4 Å². The van der Waals surface area contributed by atoms with Crippen molar-refractivity contribution >= 4 is 20.3 Å². The van der Waals surface area contributed by atoms with E-state index in [1.165, 1.54) is 0 Å². The summed E-state index contributed by atoms with van der Waals surface area (Å²) in [5, 5.41) is 0.0671. The van der Waals surface area contributed by atoms with Crippen molar-refractivity contribution in [2.45, 2.75) is 89.7 Å². The largest absolute Gasteiger partial charge is 0.508 e. The fourth-order valence-electron chi connectivity index (χ4n) is 3.57. The third-order valence-electron chi connectivity index (χ3n) is 6.76. The van der Waals surface area contributed by atoms with E-state index in [-0.39, 0.29) is 24.2 Å². The average molecular weight is 431 g/mol. The molecule has 3 aliphatic heterocycles. The van der Waals surface area contributed by atoms with E-state index >= 15 is 0 Å². The van der Waals surface area contributed by atoms with Gasteiger partial charge in [-0.3, -0.25) is 4.79 Å². The molecule has 0 bridgehead atoms. The molecule has 0 unspecified atom stereocenters. The van der Waals surface area contributed by atoms with Crippen LogP contribution < -0.4 is 0 Å². The highest BCUT2D eigenvalue weighted by Crippen LogP contribution is 2.41. The highest BCUT2D eigenvalue weighted by molar-refractivity contribution is 6.74. The van der Waals surface area contributed by atoms with Crippen molar-refractivity contribution in [3.8, 4) is 0 Å². The molecule has 29 heavy (non-hydrogen) atoms. The van der Waals surface area contributed by atoms with Gasteiger partial charge in [0.25, 0.3) is 0 Å². The number of hydrogen-bond donors (Lipinski definition) is 0. The SMILES string of the molecule is CC1(C)C(=O)[C@H]2OCO[C@H](CO[Si](C)(C)C(C)(C)C)[C@H]2O[C@@H]1C[C@H]1COC(=O)O1. The minimum atomic E-state index is -1.98. The zero-order valence-corrected chi connectivity index (χ0v) is 19.5. The first-order valence-corrected chi connectivity index (χ1v) is 13.1. The van der Waals surface area contributed by atoms with Crippen LogP contribution in [0.5, 0.6) is 0 Å². The number of Topliss-reactive ketones (excluding diaryl/α,β-unsaturated/α-hetero) is 1. The molecule has 0 aromatic heterocycles. The molecule has 3 fully saturated rings. The predicted molar refractivity (Wildman–Crippen MR) is 106 cm³/mol. The van der Waals surface area contributed by atoms with Crippen molar-refractivity contribution in [2.75, 3.05) is 20.0 Å². The van der Waals surface area contributed by atoms with Crippen molar-refractivity contribution in [2.24, 2.45) is 5.41 Å². The molecule has 0 radical (unpaired) electrons. The molecule has 9 heteroatoms. The van der Waals surface area contributed by atoms with Gasteiger partial charge in [0.1, 0.15) is 37.8 Å². The first-order chi connectivity index (χ1) is 13.3. The van der Waals surface area contributed by atoms with Gasteiger partial charge >= 0.3 is 6.16 Å². The molecule has 0 amide bonds. The number of carbonyl (C=O) groups is 2. The Morgan fingerprint density at radius 2 is 1.86 bits per heavy atom. The van der Waals surface area contributed by atoms with Gasteiger partial charge in [-0.05, 0) is 18.1 Å². The van der Waals surface area contributed by atoms with Gasteiger partial charge in [-0.25, -0.2) is 4.79 Å². The second-order valence-electron chi connectivity index (χ2n) is 10.2. The van der Waals surface area contributed by atoms with Gasteiger partial charge in [0.2, 0.25) is 0 Å². The molecule has 0 saturated carbocycles. The van der Waals surface area contributed by atoms with Crippen molar-refractivity contribution in [1.82, 2.24) is 0 Å². The number of fused-ring (bicyclic) bond motifs is 1. The Morgan fingerprint density at radius 3 is 2.45 bits per heavy atom. The number of cyclic esters (lactones) is 2. The standard InChI is InChI=1S/C20H34O8Si/c1-19(2,3)29(6,7)26-10-13-15-16(25-11-24-13)17(21)20(4,5)14(28-15)8-12-9-23-18(22)27-12/h12-16H,8-11H2,1-7H3/t12-,13+,14+,15+,16-/m0/s1. The van der Waals surface area contributed by atoms with Crippen LogP contribution in [-0.4, -0.2) is 70.8 Å². The van der Waals surface area contributed by atoms with Gasteiger partial charge < -0.3 is 28.1 Å². The highest BCUT2D eigenvalue weighted by Gasteiger charge is 2.55. The monoisotopic (exact) mass is 430 g/mol. The van der Waals surface area contributed by atoms with E-state index in [0.717, 1.165) is 0 Å². The first kappa shape index (κ1) is 22.7. The summed E-state index contributed by atoms with van der Waals surface area (Å²) < 4.78 is 34.1. The van der Waals surface area contributed by atoms with Gasteiger partial charge in [0.15, 0.2) is 14.1 Å². The number of ether oxygens (including phenoxy) is 5. The number of ketones is 1. The van der Waals surface area contributed by atoms with Crippen LogP contribution in [0.4, 0.5) is 4.79 Å². The summed E-state index contributed by atoms with van der Waals surface area (Å²) in [6.07, 6.45) is -2.82. The second-order valence-corrected chi connectivity index (χ2v) is 15.0. The Kier molecular flexibility index (Phi) is 6.19. The molecule has 3 rings (SSSR count). The average Bonchev–Trinajstić information content (AvgIpc) is 3.02. The van der Waals surface area contributed by atoms with Crippen LogP contribution in [0.1, 0.15) is 41.0 Å². The molecule has 0 N–H and O–H groups in total. The minimum Gasteiger partial charge on any atom is -0.430 e. The van der Waals surface area contributed by atoms with Gasteiger partial charge in [-0.2, -0.15) is 0 Å². The molecular weight excluding hydrogens is 396 g/mol. The van der Waals surface area contributed by atoms with Crippen LogP contribution in [0.15, 0.2) is 0 Å². The Balaban J connectivity index is 1.72. The summed E-state index contributed by atoms with van der Waals surface area (Å²) in [6, 6.07) is 0. The molecule has 0 aromatic rings. The summed E-state index contributed by atoms with van der Waals surface area (Å²) in [7, 11) is -1.98. The van der Waals surface area contributed by atoms with Crippen LogP contribution in [0, 0.1) is 5.41 Å². The van der Waals surface area contributed by atoms with Gasteiger partial charge in [-0.15, -0.1) is 0 Å². The van der Waals surface area contributed by atoms with Gasteiger partial charge in [0, 0.05) is 6.42 Å². The van der Waals surface area contributed by atoms with Crippen LogP contribution in [0.3, 0.4) is 0 Å². The third-order valence-corrected chi connectivity index (χ3v) is 11.3. The molecule has 0 spiro atoms. The van der Waals surface area contributed by atoms with Crippen LogP contribution in [-0.2, 0) is 32.9 Å². The fourth-order valence-corrected chi connectivity index (χ4v) is 4.59. The molecule has 3 heterocycles. The molecule has 8 nitrogen and oxygen atoms in total. The van der Waals surface area contributed by atoms with Gasteiger partial charge in [0.05, 0.1) is 18.1 Å². The maximum absolute atomic E-state index is 13.2. The third kappa shape index (κ3) is 4.53. The smallest absolute Gasteiger partial charge is 0.430 e. The molecule has 0 aliphatic carbocycles. The predicted octanol–water partition coefficient (Wildman–Crippen LogP) is 3.04. The van der Waals surface area contributed by atoms with Gasteiger partial charge in [-0.1, -0.05) is 34.6 Å². The van der Waals surface area contributed by atoms with Crippen LogP contribution in [0.2, 0.25) is 18.1 Å². The molecule has 3 saturated heterocycles. The maximum Gasteiger partial charge on any atom is 0.508 e. The summed E-state index contributed by atoms with van der Waals surface area (Å²) in [6.45, 7) is 15.1. The van der Waals surface area contributed by atoms with E-state index in [1.54, 1.807) is 0 Å². The summed E-state index contributed by atoms with van der Waals surface area (Å²) >= 11 is 0. The van der Waals surface area contributed by atoms with E-state index in [1.807, 2.05) is 13.8 Å². The van der Waals surface area contributed by atoms with E-state index in [0.29, 0.717) is 13.0 Å². The maximum atomic E-state index is 13.2. The zero-order valence-electron chi connectivity index (χ0n) is 18.5. The Morgan fingerprint density at radius 1 is 1.17 bits per heavy atom. The van der Waals surface area contributed by atoms with Crippen LogP contribution in [0.25, 0.3) is 0 Å². The Hall–Kier alpha value is -1.00. The van der Waals surface area contributed by atoms with Crippen molar-refractivity contribution in [3.05, 3.63) is 0 Å². The normalized spacial score (nSPS) is 35.1. The lowest BCUT2D eigenvalue weighted by atomic mass is 9.73. The molecule has 5 atom stereocenters. The van der Waals surface area contributed by atoms with E-state index in [4.69, 9.17) is 28.1 Å². The summed E-state index contributed by atoms with van der Waals surface area (Å²) in [5.41, 5.74) is -0.779. The number of carbonyl (C=O) groups excluding carboxylic acids is 2. The lowest BCUT2D eigenvalue weighted by Gasteiger charge is -2.49. The highest BCUT2D eigenvalue weighted by atomic mass is 28.4. The topological polar surface area (TPSA) is 89.5 Å². The number of hydrogen-bond acceptors (Lipinski definition) is 8. The lowest BCUT2D eigenvalue weighted by Crippen LogP contribution is -2.64. The fraction of sp³-hybridized carbons (Fsp3) is 0.900. The molecule has 166 valence electrons. The van der Waals surface area contributed by atoms with Crippen molar-refractivity contribution in [1.29, 1.82) is 0 Å². The van der Waals surface area contributed by atoms with Crippen molar-refractivity contribution in [3.63, 3.8) is 0 Å². The summed E-state index contributed by atoms with van der Waals surface area (Å²) in [4.78, 5) is 24.5. The molecular formula is C20H34O8Si. The Bertz CT molecular complexity index is 641. The number of rotatable bonds is 5. The van der Waals surface area contributed by atoms with E-state index in [2.05, 4.69) is 33.9 Å². The summed E-state index contributed by atoms with van der Waals surface area (Å²) in [5.74, 6) is -0.0235. The Labute approximate surface area is 173 Å². The first-order valence-electron chi connectivity index (χ1n) is 10.2. The second kappa shape index (κ2) is 7.92. The van der Waals surface area contributed by atoms with E-state index in [9.17, 15) is 9.59 Å². The molecule has 3 aliphatic rings. The lowest BCUT2D eigenvalue weighted by molar-refractivity contribution is -0.280. The molecule has 0 aromatic carbocycles. The minimum absolute atomic E-state index is 0.0235. The quantitative estimate of drug-likeness (QED) is 0.486. The van der Waals surface area contributed by atoms with Crippen molar-refractivity contribution < 1.29 is 37.7 Å².